The van der Waals surface area contributed by atoms with Crippen LogP contribution in [0.1, 0.15) is 0 Å². The van der Waals surface area contributed by atoms with E-state index in [4.69, 9.17) is 5.73 Å². The number of benzene rings is 1. The number of rotatable bonds is 4. The number of halogens is 1. The molecule has 3 aromatic heterocycles. The van der Waals surface area contributed by atoms with Gasteiger partial charge in [-0.3, -0.25) is 4.98 Å². The summed E-state index contributed by atoms with van der Waals surface area (Å²) in [6.07, 6.45) is 4.91. The first-order chi connectivity index (χ1) is 12.7. The highest BCUT2D eigenvalue weighted by atomic mass is 79.9. The van der Waals surface area contributed by atoms with E-state index >= 15 is 0 Å². The summed E-state index contributed by atoms with van der Waals surface area (Å²) < 4.78 is 0.894. The van der Waals surface area contributed by atoms with Crippen LogP contribution in [0.5, 0.6) is 0 Å². The number of nitrogens with one attached hydrogen (secondary N) is 2. The van der Waals surface area contributed by atoms with Crippen molar-refractivity contribution >= 4 is 55.7 Å². The minimum Gasteiger partial charge on any atom is -0.393 e. The highest BCUT2D eigenvalue weighted by Gasteiger charge is 2.10. The second-order valence-electron chi connectivity index (χ2n) is 5.47. The van der Waals surface area contributed by atoms with Gasteiger partial charge in [0.05, 0.1) is 5.52 Å². The molecule has 4 N–H and O–H groups in total. The Hall–Kier alpha value is -3.26. The van der Waals surface area contributed by atoms with Gasteiger partial charge in [-0.25, -0.2) is 15.0 Å². The van der Waals surface area contributed by atoms with Gasteiger partial charge in [-0.15, -0.1) is 0 Å². The van der Waals surface area contributed by atoms with Crippen LogP contribution in [0, 0.1) is 0 Å². The van der Waals surface area contributed by atoms with E-state index in [2.05, 4.69) is 46.5 Å². The van der Waals surface area contributed by atoms with Crippen molar-refractivity contribution in [2.45, 2.75) is 0 Å². The number of nitrogens with two attached hydrogens (primary N) is 1. The van der Waals surface area contributed by atoms with Crippen molar-refractivity contribution in [3.63, 3.8) is 0 Å². The van der Waals surface area contributed by atoms with Gasteiger partial charge in [-0.2, -0.15) is 0 Å². The van der Waals surface area contributed by atoms with Crippen molar-refractivity contribution in [2.24, 2.45) is 0 Å². The number of pyridine rings is 2. The average Bonchev–Trinajstić information content (AvgIpc) is 2.67. The van der Waals surface area contributed by atoms with E-state index in [0.29, 0.717) is 23.1 Å². The Balaban J connectivity index is 1.66. The maximum Gasteiger partial charge on any atom is 0.160 e. The molecule has 8 heteroatoms. The molecule has 4 aromatic rings. The minimum atomic E-state index is 0.401. The standard InChI is InChI=1S/C18H14BrN7/c19-11-6-7-15(22-9-11)26-18-16(20)17(23-10-24-18)25-14-5-1-4-13-12(14)3-2-8-21-13/h1-10H,20H2,(H2,22,23,24,25,26). The Morgan fingerprint density at radius 3 is 2.50 bits per heavy atom. The van der Waals surface area contributed by atoms with E-state index in [1.54, 1.807) is 12.4 Å². The Labute approximate surface area is 157 Å². The summed E-state index contributed by atoms with van der Waals surface area (Å²) in [7, 11) is 0. The van der Waals surface area contributed by atoms with Crippen LogP contribution in [0.15, 0.2) is 65.7 Å². The van der Waals surface area contributed by atoms with Gasteiger partial charge in [0.25, 0.3) is 0 Å². The molecule has 1 aromatic carbocycles. The fraction of sp³-hybridized carbons (Fsp3) is 0. The second-order valence-corrected chi connectivity index (χ2v) is 6.39. The molecule has 0 aliphatic carbocycles. The molecule has 128 valence electrons. The molecular weight excluding hydrogens is 394 g/mol. The van der Waals surface area contributed by atoms with Gasteiger partial charge in [-0.05, 0) is 52.3 Å². The second kappa shape index (κ2) is 6.93. The third kappa shape index (κ3) is 3.27. The molecule has 0 bridgehead atoms. The van der Waals surface area contributed by atoms with E-state index in [1.165, 1.54) is 6.33 Å². The van der Waals surface area contributed by atoms with Crippen LogP contribution < -0.4 is 16.4 Å². The minimum absolute atomic E-state index is 0.401. The Bertz CT molecular complexity index is 1060. The van der Waals surface area contributed by atoms with E-state index in [9.17, 15) is 0 Å². The topological polar surface area (TPSA) is 102 Å². The van der Waals surface area contributed by atoms with Crippen molar-refractivity contribution in [2.75, 3.05) is 16.4 Å². The van der Waals surface area contributed by atoms with Gasteiger partial charge in [0.1, 0.15) is 17.8 Å². The molecule has 26 heavy (non-hydrogen) atoms. The molecule has 0 amide bonds. The molecule has 0 spiro atoms. The van der Waals surface area contributed by atoms with Crippen LogP contribution in [0.3, 0.4) is 0 Å². The smallest absolute Gasteiger partial charge is 0.160 e. The van der Waals surface area contributed by atoms with Crippen molar-refractivity contribution < 1.29 is 0 Å². The van der Waals surface area contributed by atoms with Gasteiger partial charge in [0.15, 0.2) is 11.6 Å². The summed E-state index contributed by atoms with van der Waals surface area (Å²) in [5.41, 5.74) is 8.41. The van der Waals surface area contributed by atoms with Crippen LogP contribution in [-0.4, -0.2) is 19.9 Å². The predicted molar refractivity (Wildman–Crippen MR) is 107 cm³/mol. The van der Waals surface area contributed by atoms with Crippen LogP contribution in [0.25, 0.3) is 10.9 Å². The maximum atomic E-state index is 6.25. The quantitative estimate of drug-likeness (QED) is 0.464. The Morgan fingerprint density at radius 2 is 1.69 bits per heavy atom. The fourth-order valence-corrected chi connectivity index (χ4v) is 2.74. The summed E-state index contributed by atoms with van der Waals surface area (Å²) >= 11 is 3.36. The van der Waals surface area contributed by atoms with Crippen molar-refractivity contribution in [3.05, 3.63) is 65.7 Å². The van der Waals surface area contributed by atoms with E-state index in [-0.39, 0.29) is 0 Å². The van der Waals surface area contributed by atoms with Crippen LogP contribution in [-0.2, 0) is 0 Å². The molecule has 0 radical (unpaired) electrons. The molecular formula is C18H14BrN7. The predicted octanol–water partition coefficient (Wildman–Crippen LogP) is 4.25. The van der Waals surface area contributed by atoms with Crippen molar-refractivity contribution in [3.8, 4) is 0 Å². The first-order valence-corrected chi connectivity index (χ1v) is 8.60. The van der Waals surface area contributed by atoms with Crippen molar-refractivity contribution in [1.82, 2.24) is 19.9 Å². The molecule has 0 aliphatic heterocycles. The molecule has 7 nitrogen and oxygen atoms in total. The summed E-state index contributed by atoms with van der Waals surface area (Å²) in [6, 6.07) is 13.4. The maximum absolute atomic E-state index is 6.25. The van der Waals surface area contributed by atoms with E-state index in [1.807, 2.05) is 42.5 Å². The zero-order valence-electron chi connectivity index (χ0n) is 13.5. The van der Waals surface area contributed by atoms with Gasteiger partial charge in [-0.1, -0.05) is 6.07 Å². The summed E-state index contributed by atoms with van der Waals surface area (Å²) in [4.78, 5) is 17.1. The normalized spacial score (nSPS) is 10.7. The van der Waals surface area contributed by atoms with Gasteiger partial charge < -0.3 is 16.4 Å². The zero-order chi connectivity index (χ0) is 17.9. The number of aromatic nitrogens is 4. The van der Waals surface area contributed by atoms with Crippen LogP contribution >= 0.6 is 15.9 Å². The Morgan fingerprint density at radius 1 is 0.846 bits per heavy atom. The molecule has 0 unspecified atom stereocenters. The first kappa shape index (κ1) is 16.2. The Kier molecular flexibility index (Phi) is 4.32. The van der Waals surface area contributed by atoms with Crippen molar-refractivity contribution in [1.29, 1.82) is 0 Å². The summed E-state index contributed by atoms with van der Waals surface area (Å²) in [5, 5.41) is 7.35. The number of nitrogens with zero attached hydrogens (tertiary/aromatic N) is 4. The number of anilines is 5. The molecule has 0 saturated carbocycles. The number of fused-ring (bicyclic) bond motifs is 1. The lowest BCUT2D eigenvalue weighted by molar-refractivity contribution is 1.16. The zero-order valence-corrected chi connectivity index (χ0v) is 15.1. The first-order valence-electron chi connectivity index (χ1n) is 7.80. The monoisotopic (exact) mass is 407 g/mol. The number of nitrogen functional groups attached to an aromatic ring is 1. The molecule has 0 aliphatic rings. The highest BCUT2D eigenvalue weighted by Crippen LogP contribution is 2.30. The van der Waals surface area contributed by atoms with Gasteiger partial charge >= 0.3 is 0 Å². The molecule has 4 rings (SSSR count). The third-order valence-corrected chi connectivity index (χ3v) is 4.23. The fourth-order valence-electron chi connectivity index (χ4n) is 2.51. The largest absolute Gasteiger partial charge is 0.393 e. The third-order valence-electron chi connectivity index (χ3n) is 3.76. The number of hydrogen-bond donors (Lipinski definition) is 3. The molecule has 3 heterocycles. The number of hydrogen-bond acceptors (Lipinski definition) is 7. The van der Waals surface area contributed by atoms with Crippen LogP contribution in [0.2, 0.25) is 0 Å². The average molecular weight is 408 g/mol. The highest BCUT2D eigenvalue weighted by molar-refractivity contribution is 9.10. The van der Waals surface area contributed by atoms with E-state index < -0.39 is 0 Å². The SMILES string of the molecule is Nc1c(Nc2ccc(Br)cn2)ncnc1Nc1cccc2ncccc12. The lowest BCUT2D eigenvalue weighted by atomic mass is 10.2. The van der Waals surface area contributed by atoms with Crippen LogP contribution in [0.4, 0.5) is 28.8 Å². The molecule has 0 saturated heterocycles. The molecule has 0 atom stereocenters. The summed E-state index contributed by atoms with van der Waals surface area (Å²) in [5.74, 6) is 1.63. The van der Waals surface area contributed by atoms with Gasteiger partial charge in [0.2, 0.25) is 0 Å². The lowest BCUT2D eigenvalue weighted by Crippen LogP contribution is -2.06. The van der Waals surface area contributed by atoms with Gasteiger partial charge in [0, 0.05) is 27.9 Å². The van der Waals surface area contributed by atoms with E-state index in [0.717, 1.165) is 21.1 Å². The summed E-state index contributed by atoms with van der Waals surface area (Å²) in [6.45, 7) is 0. The lowest BCUT2D eigenvalue weighted by Gasteiger charge is -2.13. The molecule has 0 fully saturated rings.